The molecule has 0 fully saturated rings. The van der Waals surface area contributed by atoms with Crippen LogP contribution in [-0.2, 0) is 9.53 Å². The number of carbonyl (C=O) groups is 1. The summed E-state index contributed by atoms with van der Waals surface area (Å²) < 4.78 is 53.0. The molecule has 7 heteroatoms. The van der Waals surface area contributed by atoms with Crippen molar-refractivity contribution in [3.63, 3.8) is 0 Å². The summed E-state index contributed by atoms with van der Waals surface area (Å²) >= 11 is 0. The minimum absolute atomic E-state index is 0.0209. The molecule has 1 aliphatic heterocycles. The first kappa shape index (κ1) is 28.2. The number of allylic oxidation sites excluding steroid dienone is 3. The number of halogens is 3. The number of methoxy groups -OCH3 is 1. The normalized spacial score (nSPS) is 18.7. The Morgan fingerprint density at radius 1 is 1.13 bits per heavy atom. The molecule has 0 unspecified atom stereocenters. The Labute approximate surface area is 226 Å². The minimum atomic E-state index is -4.77. The van der Waals surface area contributed by atoms with Crippen molar-refractivity contribution in [3.8, 4) is 5.75 Å². The maximum Gasteiger partial charge on any atom is 0.417 e. The third-order valence-corrected chi connectivity index (χ3v) is 7.10. The lowest BCUT2D eigenvalue weighted by atomic mass is 9.83. The van der Waals surface area contributed by atoms with Crippen LogP contribution in [0, 0.1) is 0 Å². The van der Waals surface area contributed by atoms with Gasteiger partial charge in [0.15, 0.2) is 0 Å². The van der Waals surface area contributed by atoms with Crippen molar-refractivity contribution < 1.29 is 27.4 Å². The summed E-state index contributed by atoms with van der Waals surface area (Å²) in [6.07, 6.45) is -2.57. The maximum absolute atomic E-state index is 14.0. The van der Waals surface area contributed by atoms with E-state index in [0.717, 1.165) is 41.2 Å². The van der Waals surface area contributed by atoms with Crippen LogP contribution in [0.5, 0.6) is 5.75 Å². The molecular weight excluding hydrogens is 503 g/mol. The van der Waals surface area contributed by atoms with E-state index in [2.05, 4.69) is 47.8 Å². The number of rotatable bonds is 8. The summed E-state index contributed by atoms with van der Waals surface area (Å²) in [5.41, 5.74) is 0.538. The quantitative estimate of drug-likeness (QED) is 0.183. The lowest BCUT2D eigenvalue weighted by Gasteiger charge is -2.34. The first-order valence-electron chi connectivity index (χ1n) is 12.8. The molecule has 0 saturated heterocycles. The van der Waals surface area contributed by atoms with E-state index in [-0.39, 0.29) is 17.7 Å². The van der Waals surface area contributed by atoms with E-state index < -0.39 is 29.2 Å². The van der Waals surface area contributed by atoms with Gasteiger partial charge in [0.25, 0.3) is 0 Å². The van der Waals surface area contributed by atoms with Crippen molar-refractivity contribution in [3.05, 3.63) is 113 Å². The smallest absolute Gasteiger partial charge is 0.417 e. The second kappa shape index (κ2) is 11.9. The van der Waals surface area contributed by atoms with Crippen LogP contribution in [0.1, 0.15) is 43.4 Å². The number of nitrogens with one attached hydrogen (secondary N) is 1. The van der Waals surface area contributed by atoms with Crippen molar-refractivity contribution in [2.45, 2.75) is 44.5 Å². The summed E-state index contributed by atoms with van der Waals surface area (Å²) in [5, 5.41) is 5.86. The Bertz CT molecular complexity index is 1420. The predicted octanol–water partition coefficient (Wildman–Crippen LogP) is 7.59. The number of alkyl halides is 3. The molecule has 0 bridgehead atoms. The van der Waals surface area contributed by atoms with Gasteiger partial charge in [-0.05, 0) is 54.3 Å². The lowest BCUT2D eigenvalue weighted by Crippen LogP contribution is -2.37. The summed E-state index contributed by atoms with van der Waals surface area (Å²) in [6, 6.07) is 21.7. The molecule has 1 aliphatic rings. The number of fused-ring (bicyclic) bond motifs is 2. The predicted molar refractivity (Wildman–Crippen MR) is 148 cm³/mol. The SMILES string of the molecule is C=C(/C=C(\C(=C/C)C(=O)OC)C(F)(F)F)[C@@H]1C[C@H](CN[C@H](C)c2cccc3ccccc23)Oc2ccccc21. The van der Waals surface area contributed by atoms with Crippen LogP contribution >= 0.6 is 0 Å². The number of hydrogen-bond donors (Lipinski definition) is 1. The fourth-order valence-electron chi connectivity index (χ4n) is 5.11. The molecule has 204 valence electrons. The molecule has 3 atom stereocenters. The van der Waals surface area contributed by atoms with Gasteiger partial charge in [0.2, 0.25) is 0 Å². The highest BCUT2D eigenvalue weighted by molar-refractivity contribution is 5.94. The van der Waals surface area contributed by atoms with Gasteiger partial charge in [0, 0.05) is 24.1 Å². The Hall–Kier alpha value is -3.84. The molecule has 1 heterocycles. The van der Waals surface area contributed by atoms with Crippen LogP contribution in [0.4, 0.5) is 13.2 Å². The number of benzene rings is 3. The molecule has 3 aromatic rings. The summed E-state index contributed by atoms with van der Waals surface area (Å²) in [6.45, 7) is 7.95. The second-order valence-electron chi connectivity index (χ2n) is 9.59. The molecule has 0 spiro atoms. The number of hydrogen-bond acceptors (Lipinski definition) is 4. The summed E-state index contributed by atoms with van der Waals surface area (Å²) in [4.78, 5) is 12.1. The van der Waals surface area contributed by atoms with E-state index in [1.165, 1.54) is 6.92 Å². The van der Waals surface area contributed by atoms with Gasteiger partial charge in [0.1, 0.15) is 11.9 Å². The van der Waals surface area contributed by atoms with Gasteiger partial charge in [-0.2, -0.15) is 13.2 Å². The van der Waals surface area contributed by atoms with Crippen LogP contribution in [-0.4, -0.2) is 31.9 Å². The molecule has 4 nitrogen and oxygen atoms in total. The first-order valence-corrected chi connectivity index (χ1v) is 12.8. The molecule has 0 saturated carbocycles. The van der Waals surface area contributed by atoms with Crippen LogP contribution < -0.4 is 10.1 Å². The third kappa shape index (κ3) is 6.25. The highest BCUT2D eigenvalue weighted by Crippen LogP contribution is 2.42. The maximum atomic E-state index is 14.0. The molecule has 0 amide bonds. The fraction of sp³-hybridized carbons (Fsp3) is 0.281. The average Bonchev–Trinajstić information content (AvgIpc) is 2.94. The van der Waals surface area contributed by atoms with Gasteiger partial charge >= 0.3 is 12.1 Å². The molecule has 0 aliphatic carbocycles. The molecular formula is C32H32F3NO3. The zero-order valence-electron chi connectivity index (χ0n) is 22.2. The van der Waals surface area contributed by atoms with Crippen LogP contribution in [0.3, 0.4) is 0 Å². The van der Waals surface area contributed by atoms with E-state index >= 15 is 0 Å². The monoisotopic (exact) mass is 535 g/mol. The van der Waals surface area contributed by atoms with Crippen molar-refractivity contribution in [2.75, 3.05) is 13.7 Å². The largest absolute Gasteiger partial charge is 0.489 e. The Morgan fingerprint density at radius 2 is 1.82 bits per heavy atom. The summed E-state index contributed by atoms with van der Waals surface area (Å²) in [5.74, 6) is -0.867. The zero-order chi connectivity index (χ0) is 28.2. The minimum Gasteiger partial charge on any atom is -0.489 e. The van der Waals surface area contributed by atoms with E-state index in [9.17, 15) is 18.0 Å². The second-order valence-corrected chi connectivity index (χ2v) is 9.59. The van der Waals surface area contributed by atoms with Crippen LogP contribution in [0.15, 0.2) is 102 Å². The van der Waals surface area contributed by atoms with Gasteiger partial charge in [0.05, 0.1) is 18.3 Å². The fourth-order valence-corrected chi connectivity index (χ4v) is 5.11. The van der Waals surface area contributed by atoms with Gasteiger partial charge in [-0.15, -0.1) is 0 Å². The van der Waals surface area contributed by atoms with Crippen molar-refractivity contribution >= 4 is 16.7 Å². The number of carbonyl (C=O) groups excluding carboxylic acids is 1. The molecule has 0 radical (unpaired) electrons. The molecule has 39 heavy (non-hydrogen) atoms. The highest BCUT2D eigenvalue weighted by Gasteiger charge is 2.39. The summed E-state index contributed by atoms with van der Waals surface area (Å²) in [7, 11) is 1.06. The number of para-hydroxylation sites is 1. The van der Waals surface area contributed by atoms with E-state index in [1.807, 2.05) is 42.5 Å². The number of ether oxygens (including phenoxy) is 2. The molecule has 0 aromatic heterocycles. The van der Waals surface area contributed by atoms with E-state index in [0.29, 0.717) is 18.7 Å². The van der Waals surface area contributed by atoms with Gasteiger partial charge in [-0.1, -0.05) is 73.3 Å². The van der Waals surface area contributed by atoms with E-state index in [1.54, 1.807) is 0 Å². The standard InChI is InChI=1S/C32H32F3NO3/c1-5-24(31(37)38-4)29(32(33,34)35)17-20(2)28-18-23(39-30-16-9-8-14-27(28)30)19-36-21(3)25-15-10-12-22-11-6-7-13-26(22)25/h5-17,21,23,28,36H,2,18-19H2,1,3-4H3/b24-5+,29-17+/t21-,23-,28+/m1/s1. The number of esters is 1. The van der Waals surface area contributed by atoms with Gasteiger partial charge in [-0.25, -0.2) is 4.79 Å². The van der Waals surface area contributed by atoms with Gasteiger partial charge in [-0.3, -0.25) is 0 Å². The first-order chi connectivity index (χ1) is 18.6. The zero-order valence-corrected chi connectivity index (χ0v) is 22.2. The molecule has 4 rings (SSSR count). The van der Waals surface area contributed by atoms with E-state index in [4.69, 9.17) is 4.74 Å². The Kier molecular flexibility index (Phi) is 8.60. The van der Waals surface area contributed by atoms with Crippen LogP contribution in [0.25, 0.3) is 10.8 Å². The Morgan fingerprint density at radius 3 is 2.54 bits per heavy atom. The molecule has 3 aromatic carbocycles. The third-order valence-electron chi connectivity index (χ3n) is 7.10. The van der Waals surface area contributed by atoms with Crippen molar-refractivity contribution in [1.29, 1.82) is 0 Å². The average molecular weight is 536 g/mol. The van der Waals surface area contributed by atoms with Crippen molar-refractivity contribution in [2.24, 2.45) is 0 Å². The highest BCUT2D eigenvalue weighted by atomic mass is 19.4. The van der Waals surface area contributed by atoms with Crippen LogP contribution in [0.2, 0.25) is 0 Å². The van der Waals surface area contributed by atoms with Gasteiger partial charge < -0.3 is 14.8 Å². The van der Waals surface area contributed by atoms with Crippen molar-refractivity contribution in [1.82, 2.24) is 5.32 Å². The molecule has 1 N–H and O–H groups in total. The topological polar surface area (TPSA) is 47.6 Å². The Balaban J connectivity index is 1.58. The lowest BCUT2D eigenvalue weighted by molar-refractivity contribution is -0.137.